The summed E-state index contributed by atoms with van der Waals surface area (Å²) < 4.78 is 5.76. The SMILES string of the molecule is Cc1c(C(C)C)oc2ccc(Cl)cc12. The summed E-state index contributed by atoms with van der Waals surface area (Å²) in [7, 11) is 0. The third-order valence-electron chi connectivity index (χ3n) is 2.46. The van der Waals surface area contributed by atoms with Crippen molar-refractivity contribution < 1.29 is 4.42 Å². The van der Waals surface area contributed by atoms with Gasteiger partial charge in [0.25, 0.3) is 0 Å². The molecular formula is C12H13ClO. The molecule has 0 aliphatic heterocycles. The molecule has 0 N–H and O–H groups in total. The Bertz CT molecular complexity index is 468. The average molecular weight is 209 g/mol. The third-order valence-corrected chi connectivity index (χ3v) is 2.69. The number of fused-ring (bicyclic) bond motifs is 1. The summed E-state index contributed by atoms with van der Waals surface area (Å²) in [6, 6.07) is 5.75. The second kappa shape index (κ2) is 3.32. The van der Waals surface area contributed by atoms with Crippen LogP contribution in [0.4, 0.5) is 0 Å². The minimum absolute atomic E-state index is 0.418. The van der Waals surface area contributed by atoms with Crippen LogP contribution < -0.4 is 0 Å². The van der Waals surface area contributed by atoms with Crippen molar-refractivity contribution in [3.05, 3.63) is 34.5 Å². The van der Waals surface area contributed by atoms with Gasteiger partial charge in [-0.3, -0.25) is 0 Å². The van der Waals surface area contributed by atoms with Crippen LogP contribution in [0.5, 0.6) is 0 Å². The maximum absolute atomic E-state index is 5.94. The number of halogens is 1. The molecule has 1 aromatic carbocycles. The van der Waals surface area contributed by atoms with Crippen LogP contribution in [-0.2, 0) is 0 Å². The quantitative estimate of drug-likeness (QED) is 0.672. The Hall–Kier alpha value is -0.950. The van der Waals surface area contributed by atoms with Crippen LogP contribution in [-0.4, -0.2) is 0 Å². The predicted octanol–water partition coefficient (Wildman–Crippen LogP) is 4.52. The summed E-state index contributed by atoms with van der Waals surface area (Å²) in [5.41, 5.74) is 2.13. The van der Waals surface area contributed by atoms with Gasteiger partial charge in [0.2, 0.25) is 0 Å². The third kappa shape index (κ3) is 1.42. The molecule has 0 amide bonds. The Kier molecular flexibility index (Phi) is 2.28. The maximum Gasteiger partial charge on any atom is 0.134 e. The first-order valence-corrected chi connectivity index (χ1v) is 5.16. The molecule has 0 saturated heterocycles. The molecular weight excluding hydrogens is 196 g/mol. The highest BCUT2D eigenvalue weighted by molar-refractivity contribution is 6.31. The van der Waals surface area contributed by atoms with Gasteiger partial charge in [-0.1, -0.05) is 25.4 Å². The summed E-state index contributed by atoms with van der Waals surface area (Å²) in [6.45, 7) is 6.34. The zero-order valence-corrected chi connectivity index (χ0v) is 9.35. The molecule has 0 unspecified atom stereocenters. The van der Waals surface area contributed by atoms with Gasteiger partial charge in [0.05, 0.1) is 0 Å². The first-order valence-electron chi connectivity index (χ1n) is 4.78. The molecule has 0 atom stereocenters. The Morgan fingerprint density at radius 1 is 1.29 bits per heavy atom. The van der Waals surface area contributed by atoms with E-state index in [4.69, 9.17) is 16.0 Å². The van der Waals surface area contributed by atoms with Crippen LogP contribution >= 0.6 is 11.6 Å². The molecule has 0 radical (unpaired) electrons. The Balaban J connectivity index is 2.74. The lowest BCUT2D eigenvalue weighted by atomic mass is 10.1. The van der Waals surface area contributed by atoms with Crippen molar-refractivity contribution in [3.8, 4) is 0 Å². The largest absolute Gasteiger partial charge is 0.461 e. The number of aryl methyl sites for hydroxylation is 1. The second-order valence-electron chi connectivity index (χ2n) is 3.89. The maximum atomic E-state index is 5.94. The van der Waals surface area contributed by atoms with Gasteiger partial charge in [-0.2, -0.15) is 0 Å². The van der Waals surface area contributed by atoms with Crippen molar-refractivity contribution in [2.45, 2.75) is 26.7 Å². The number of rotatable bonds is 1. The molecule has 0 aliphatic carbocycles. The van der Waals surface area contributed by atoms with E-state index < -0.39 is 0 Å². The van der Waals surface area contributed by atoms with E-state index in [0.717, 1.165) is 21.8 Å². The van der Waals surface area contributed by atoms with Crippen molar-refractivity contribution in [3.63, 3.8) is 0 Å². The second-order valence-corrected chi connectivity index (χ2v) is 4.32. The minimum Gasteiger partial charge on any atom is -0.461 e. The highest BCUT2D eigenvalue weighted by Gasteiger charge is 2.12. The van der Waals surface area contributed by atoms with Gasteiger partial charge in [-0.05, 0) is 30.7 Å². The van der Waals surface area contributed by atoms with Gasteiger partial charge in [-0.25, -0.2) is 0 Å². The molecule has 2 aromatic rings. The Morgan fingerprint density at radius 2 is 2.00 bits per heavy atom. The fourth-order valence-corrected chi connectivity index (χ4v) is 1.93. The minimum atomic E-state index is 0.418. The molecule has 2 heteroatoms. The molecule has 2 rings (SSSR count). The van der Waals surface area contributed by atoms with E-state index in [1.54, 1.807) is 0 Å². The van der Waals surface area contributed by atoms with Crippen molar-refractivity contribution in [2.24, 2.45) is 0 Å². The highest BCUT2D eigenvalue weighted by atomic mass is 35.5. The van der Waals surface area contributed by atoms with E-state index in [9.17, 15) is 0 Å². The highest BCUT2D eigenvalue weighted by Crippen LogP contribution is 2.31. The summed E-state index contributed by atoms with van der Waals surface area (Å²) in [6.07, 6.45) is 0. The van der Waals surface area contributed by atoms with Crippen molar-refractivity contribution >= 4 is 22.6 Å². The standard InChI is InChI=1S/C12H13ClO/c1-7(2)12-8(3)10-6-9(13)4-5-11(10)14-12/h4-7H,1-3H3. The first kappa shape index (κ1) is 9.60. The van der Waals surface area contributed by atoms with Crippen LogP contribution in [0.3, 0.4) is 0 Å². The molecule has 0 aliphatic rings. The van der Waals surface area contributed by atoms with Gasteiger partial charge in [-0.15, -0.1) is 0 Å². The molecule has 14 heavy (non-hydrogen) atoms. The van der Waals surface area contributed by atoms with E-state index in [0.29, 0.717) is 5.92 Å². The zero-order valence-electron chi connectivity index (χ0n) is 8.60. The number of furan rings is 1. The van der Waals surface area contributed by atoms with Crippen LogP contribution in [0.1, 0.15) is 31.1 Å². The fraction of sp³-hybridized carbons (Fsp3) is 0.333. The lowest BCUT2D eigenvalue weighted by Crippen LogP contribution is -1.85. The molecule has 0 saturated carbocycles. The molecule has 74 valence electrons. The van der Waals surface area contributed by atoms with Crippen molar-refractivity contribution in [1.82, 2.24) is 0 Å². The molecule has 0 spiro atoms. The summed E-state index contributed by atoms with van der Waals surface area (Å²) >= 11 is 5.94. The number of benzene rings is 1. The van der Waals surface area contributed by atoms with Gasteiger partial charge >= 0.3 is 0 Å². The molecule has 0 bridgehead atoms. The van der Waals surface area contributed by atoms with Gasteiger partial charge < -0.3 is 4.42 Å². The van der Waals surface area contributed by atoms with Crippen LogP contribution in [0.15, 0.2) is 22.6 Å². The van der Waals surface area contributed by atoms with E-state index in [1.165, 1.54) is 5.56 Å². The summed E-state index contributed by atoms with van der Waals surface area (Å²) in [5, 5.41) is 1.89. The molecule has 1 aromatic heterocycles. The predicted molar refractivity (Wildman–Crippen MR) is 60.1 cm³/mol. The fourth-order valence-electron chi connectivity index (χ4n) is 1.76. The number of hydrogen-bond acceptors (Lipinski definition) is 1. The van der Waals surface area contributed by atoms with Gasteiger partial charge in [0, 0.05) is 16.3 Å². The molecule has 1 heterocycles. The van der Waals surface area contributed by atoms with Crippen LogP contribution in [0, 0.1) is 6.92 Å². The number of hydrogen-bond donors (Lipinski definition) is 0. The smallest absolute Gasteiger partial charge is 0.134 e. The van der Waals surface area contributed by atoms with E-state index in [2.05, 4.69) is 20.8 Å². The molecule has 0 fully saturated rings. The summed E-state index contributed by atoms with van der Waals surface area (Å²) in [5.74, 6) is 1.48. The average Bonchev–Trinajstić information content (AvgIpc) is 2.44. The van der Waals surface area contributed by atoms with Crippen molar-refractivity contribution in [1.29, 1.82) is 0 Å². The zero-order chi connectivity index (χ0) is 10.3. The van der Waals surface area contributed by atoms with E-state index in [-0.39, 0.29) is 0 Å². The van der Waals surface area contributed by atoms with Crippen LogP contribution in [0.25, 0.3) is 11.0 Å². The lowest BCUT2D eigenvalue weighted by molar-refractivity contribution is 0.518. The lowest BCUT2D eigenvalue weighted by Gasteiger charge is -1.99. The monoisotopic (exact) mass is 208 g/mol. The summed E-state index contributed by atoms with van der Waals surface area (Å²) in [4.78, 5) is 0. The van der Waals surface area contributed by atoms with Crippen molar-refractivity contribution in [2.75, 3.05) is 0 Å². The van der Waals surface area contributed by atoms with Gasteiger partial charge in [0.1, 0.15) is 11.3 Å². The first-order chi connectivity index (χ1) is 6.59. The van der Waals surface area contributed by atoms with Gasteiger partial charge in [0.15, 0.2) is 0 Å². The Labute approximate surface area is 88.7 Å². The normalized spacial score (nSPS) is 11.5. The topological polar surface area (TPSA) is 13.1 Å². The van der Waals surface area contributed by atoms with Crippen LogP contribution in [0.2, 0.25) is 5.02 Å². The van der Waals surface area contributed by atoms with E-state index >= 15 is 0 Å². The van der Waals surface area contributed by atoms with E-state index in [1.807, 2.05) is 18.2 Å². The Morgan fingerprint density at radius 3 is 2.64 bits per heavy atom. The molecule has 1 nitrogen and oxygen atoms in total.